The van der Waals surface area contributed by atoms with Crippen molar-refractivity contribution in [2.24, 2.45) is 0 Å². The van der Waals surface area contributed by atoms with E-state index < -0.39 is 0 Å². The number of benzene rings is 2. The molecule has 0 atom stereocenters. The molecule has 0 unspecified atom stereocenters. The molecule has 7 heteroatoms. The van der Waals surface area contributed by atoms with E-state index in [1.807, 2.05) is 68.4 Å². The van der Waals surface area contributed by atoms with Crippen molar-refractivity contribution in [3.63, 3.8) is 0 Å². The van der Waals surface area contributed by atoms with Gasteiger partial charge in [0, 0.05) is 17.1 Å². The van der Waals surface area contributed by atoms with Crippen molar-refractivity contribution in [3.8, 4) is 16.5 Å². The number of fused-ring (bicyclic) bond motifs is 1. The molecule has 0 saturated carbocycles. The zero-order chi connectivity index (χ0) is 22.7. The summed E-state index contributed by atoms with van der Waals surface area (Å²) in [7, 11) is 0. The lowest BCUT2D eigenvalue weighted by Gasteiger charge is -2.23. The van der Waals surface area contributed by atoms with E-state index in [0.29, 0.717) is 10.2 Å². The van der Waals surface area contributed by atoms with E-state index in [9.17, 15) is 9.59 Å². The number of aromatic nitrogens is 2. The van der Waals surface area contributed by atoms with Crippen LogP contribution >= 0.6 is 11.3 Å². The first-order valence-electron chi connectivity index (χ1n) is 10.3. The summed E-state index contributed by atoms with van der Waals surface area (Å²) in [5.74, 6) is -0.256. The van der Waals surface area contributed by atoms with Crippen LogP contribution in [-0.4, -0.2) is 22.0 Å². The smallest absolute Gasteiger partial charge is 0.271 e. The molecule has 0 aliphatic carbocycles. The number of rotatable bonds is 6. The normalized spacial score (nSPS) is 10.8. The highest BCUT2D eigenvalue weighted by Crippen LogP contribution is 2.30. The summed E-state index contributed by atoms with van der Waals surface area (Å²) in [5, 5.41) is 9.05. The molecule has 160 valence electrons. The fourth-order valence-electron chi connectivity index (χ4n) is 3.70. The summed E-state index contributed by atoms with van der Waals surface area (Å²) in [6, 6.07) is 19.7. The molecule has 0 fully saturated rings. The Labute approximate surface area is 190 Å². The van der Waals surface area contributed by atoms with E-state index in [1.54, 1.807) is 4.90 Å². The van der Waals surface area contributed by atoms with Crippen molar-refractivity contribution < 1.29 is 4.79 Å². The fourth-order valence-corrected chi connectivity index (χ4v) is 4.76. The van der Waals surface area contributed by atoms with Crippen LogP contribution < -0.4 is 10.5 Å². The largest absolute Gasteiger partial charge is 0.310 e. The predicted octanol–water partition coefficient (Wildman–Crippen LogP) is 4.69. The quantitative estimate of drug-likeness (QED) is 0.434. The number of hydrogen-bond donors (Lipinski definition) is 0. The van der Waals surface area contributed by atoms with E-state index in [2.05, 4.69) is 11.1 Å². The zero-order valence-corrected chi connectivity index (χ0v) is 18.7. The van der Waals surface area contributed by atoms with Crippen LogP contribution in [0.2, 0.25) is 0 Å². The molecular formula is C25H22N4O2S. The van der Waals surface area contributed by atoms with Gasteiger partial charge in [-0.2, -0.15) is 5.26 Å². The molecule has 0 N–H and O–H groups in total. The van der Waals surface area contributed by atoms with Crippen LogP contribution in [0.3, 0.4) is 0 Å². The van der Waals surface area contributed by atoms with Crippen LogP contribution in [0.4, 0.5) is 5.69 Å². The lowest BCUT2D eigenvalue weighted by Crippen LogP contribution is -2.37. The van der Waals surface area contributed by atoms with Gasteiger partial charge in [0.15, 0.2) is 0 Å². The van der Waals surface area contributed by atoms with Gasteiger partial charge in [-0.3, -0.25) is 14.2 Å². The summed E-state index contributed by atoms with van der Waals surface area (Å²) in [6.45, 7) is 4.05. The Balaban J connectivity index is 1.66. The van der Waals surface area contributed by atoms with Gasteiger partial charge < -0.3 is 4.90 Å². The van der Waals surface area contributed by atoms with Crippen molar-refractivity contribution in [1.29, 1.82) is 5.26 Å². The third-order valence-electron chi connectivity index (χ3n) is 5.13. The molecule has 0 aliphatic heterocycles. The number of anilines is 1. The van der Waals surface area contributed by atoms with Gasteiger partial charge in [-0.15, -0.1) is 11.3 Å². The molecule has 0 radical (unpaired) electrons. The summed E-state index contributed by atoms with van der Waals surface area (Å²) < 4.78 is 1.87. The SMILES string of the molecule is Cc1cc(C)cc(N(CCC#N)C(=O)Cn2cnc3cc(-c4ccccc4)sc3c2=O)c1. The van der Waals surface area contributed by atoms with E-state index in [-0.39, 0.29) is 31.0 Å². The van der Waals surface area contributed by atoms with Gasteiger partial charge in [0.25, 0.3) is 5.56 Å². The van der Waals surface area contributed by atoms with Gasteiger partial charge in [0.05, 0.1) is 24.3 Å². The number of nitrogens with zero attached hydrogens (tertiary/aromatic N) is 4. The van der Waals surface area contributed by atoms with E-state index in [0.717, 1.165) is 27.3 Å². The Bertz CT molecular complexity index is 1360. The third-order valence-corrected chi connectivity index (χ3v) is 6.30. The summed E-state index contributed by atoms with van der Waals surface area (Å²) in [6.07, 6.45) is 1.63. The highest BCUT2D eigenvalue weighted by Gasteiger charge is 2.19. The van der Waals surface area contributed by atoms with Crippen molar-refractivity contribution in [1.82, 2.24) is 9.55 Å². The van der Waals surface area contributed by atoms with E-state index >= 15 is 0 Å². The van der Waals surface area contributed by atoms with Crippen LogP contribution in [0.5, 0.6) is 0 Å². The first kappa shape index (κ1) is 21.5. The van der Waals surface area contributed by atoms with Gasteiger partial charge >= 0.3 is 0 Å². The lowest BCUT2D eigenvalue weighted by molar-refractivity contribution is -0.119. The van der Waals surface area contributed by atoms with Crippen LogP contribution in [0, 0.1) is 25.2 Å². The maximum Gasteiger partial charge on any atom is 0.271 e. The van der Waals surface area contributed by atoms with Gasteiger partial charge in [-0.25, -0.2) is 4.98 Å². The second-order valence-corrected chi connectivity index (χ2v) is 8.72. The van der Waals surface area contributed by atoms with Crippen molar-refractivity contribution in [2.45, 2.75) is 26.8 Å². The van der Waals surface area contributed by atoms with Gasteiger partial charge in [0.1, 0.15) is 11.2 Å². The average Bonchev–Trinajstić information content (AvgIpc) is 3.21. The topological polar surface area (TPSA) is 79.0 Å². The Morgan fingerprint density at radius 2 is 1.84 bits per heavy atom. The van der Waals surface area contributed by atoms with Crippen LogP contribution in [-0.2, 0) is 11.3 Å². The molecule has 4 rings (SSSR count). The molecule has 4 aromatic rings. The molecule has 0 spiro atoms. The maximum atomic E-state index is 13.2. The Kier molecular flexibility index (Phi) is 6.15. The first-order chi connectivity index (χ1) is 15.5. The standard InChI is InChI=1S/C25H22N4O2S/c1-17-11-18(2)13-20(12-17)29(10-6-9-26)23(30)15-28-16-27-21-14-22(32-24(21)25(28)31)19-7-4-3-5-8-19/h3-5,7-8,11-14,16H,6,10,15H2,1-2H3. The minimum Gasteiger partial charge on any atom is -0.310 e. The number of hydrogen-bond acceptors (Lipinski definition) is 5. The van der Waals surface area contributed by atoms with Crippen LogP contribution in [0.25, 0.3) is 20.7 Å². The van der Waals surface area contributed by atoms with E-state index in [1.165, 1.54) is 22.2 Å². The summed E-state index contributed by atoms with van der Waals surface area (Å²) >= 11 is 1.38. The molecule has 0 bridgehead atoms. The Morgan fingerprint density at radius 3 is 2.53 bits per heavy atom. The van der Waals surface area contributed by atoms with Crippen molar-refractivity contribution in [2.75, 3.05) is 11.4 Å². The first-order valence-corrected chi connectivity index (χ1v) is 11.1. The molecule has 2 aromatic heterocycles. The molecule has 2 heterocycles. The average molecular weight is 443 g/mol. The Morgan fingerprint density at radius 1 is 1.12 bits per heavy atom. The Hall–Kier alpha value is -3.76. The van der Waals surface area contributed by atoms with Gasteiger partial charge in [-0.05, 0) is 48.7 Å². The molecule has 2 aromatic carbocycles. The van der Waals surface area contributed by atoms with E-state index in [4.69, 9.17) is 5.26 Å². The number of aryl methyl sites for hydroxylation is 2. The van der Waals surface area contributed by atoms with Crippen LogP contribution in [0.15, 0.2) is 65.7 Å². The molecule has 32 heavy (non-hydrogen) atoms. The van der Waals surface area contributed by atoms with Crippen molar-refractivity contribution >= 4 is 33.1 Å². The minimum absolute atomic E-state index is 0.140. The fraction of sp³-hybridized carbons (Fsp3) is 0.200. The number of amides is 1. The summed E-state index contributed by atoms with van der Waals surface area (Å²) in [4.78, 5) is 33.2. The van der Waals surface area contributed by atoms with Gasteiger partial charge in [0.2, 0.25) is 5.91 Å². The van der Waals surface area contributed by atoms with Gasteiger partial charge in [-0.1, -0.05) is 36.4 Å². The maximum absolute atomic E-state index is 13.2. The second kappa shape index (κ2) is 9.16. The summed E-state index contributed by atoms with van der Waals surface area (Å²) in [5.41, 5.74) is 4.20. The molecule has 6 nitrogen and oxygen atoms in total. The highest BCUT2D eigenvalue weighted by molar-refractivity contribution is 7.22. The third kappa shape index (κ3) is 4.46. The lowest BCUT2D eigenvalue weighted by atomic mass is 10.1. The number of nitriles is 1. The monoisotopic (exact) mass is 442 g/mol. The van der Waals surface area contributed by atoms with Crippen molar-refractivity contribution in [3.05, 3.63) is 82.4 Å². The number of thiophene rings is 1. The minimum atomic E-state index is -0.256. The highest BCUT2D eigenvalue weighted by atomic mass is 32.1. The molecule has 1 amide bonds. The molecule has 0 saturated heterocycles. The number of carbonyl (C=O) groups is 1. The number of carbonyl (C=O) groups excluding carboxylic acids is 1. The molecular weight excluding hydrogens is 420 g/mol. The molecule has 0 aliphatic rings. The second-order valence-electron chi connectivity index (χ2n) is 7.67. The zero-order valence-electron chi connectivity index (χ0n) is 17.9. The van der Waals surface area contributed by atoms with Crippen LogP contribution in [0.1, 0.15) is 17.5 Å². The predicted molar refractivity (Wildman–Crippen MR) is 128 cm³/mol.